The van der Waals surface area contributed by atoms with E-state index >= 15 is 0 Å². The summed E-state index contributed by atoms with van der Waals surface area (Å²) in [5, 5.41) is 9.92. The minimum Gasteiger partial charge on any atom is -0.495 e. The molecule has 0 fully saturated rings. The van der Waals surface area contributed by atoms with Crippen LogP contribution in [0, 0.1) is 0 Å². The van der Waals surface area contributed by atoms with Crippen LogP contribution in [0.5, 0.6) is 5.75 Å². The van der Waals surface area contributed by atoms with E-state index in [1.54, 1.807) is 7.11 Å². The van der Waals surface area contributed by atoms with E-state index in [1.807, 2.05) is 73.7 Å². The van der Waals surface area contributed by atoms with Crippen LogP contribution in [0.25, 0.3) is 0 Å². The second-order valence-corrected chi connectivity index (χ2v) is 13.1. The fourth-order valence-corrected chi connectivity index (χ4v) is 7.43. The van der Waals surface area contributed by atoms with Crippen LogP contribution in [-0.4, -0.2) is 47.9 Å². The number of para-hydroxylation sites is 2. The summed E-state index contributed by atoms with van der Waals surface area (Å²) in [6.07, 6.45) is 0.719. The molecular weight excluding hydrogens is 613 g/mol. The van der Waals surface area contributed by atoms with Crippen LogP contribution in [0.1, 0.15) is 33.3 Å². The molecule has 0 bridgehead atoms. The first kappa shape index (κ1) is 31.5. The molecule has 11 heteroatoms. The lowest BCUT2D eigenvalue weighted by atomic mass is 10.0. The number of nitrogens with zero attached hydrogens (tertiary/aromatic N) is 1. The molecule has 44 heavy (non-hydrogen) atoms. The lowest BCUT2D eigenvalue weighted by Gasteiger charge is -2.27. The van der Waals surface area contributed by atoms with Crippen molar-refractivity contribution in [3.8, 4) is 5.75 Å². The average Bonchev–Trinajstić information content (AvgIpc) is 3.38. The zero-order valence-electron chi connectivity index (χ0n) is 24.7. The number of amides is 1. The molecule has 1 unspecified atom stereocenters. The maximum absolute atomic E-state index is 13.4. The van der Waals surface area contributed by atoms with Gasteiger partial charge < -0.3 is 25.4 Å². The third kappa shape index (κ3) is 7.78. The van der Waals surface area contributed by atoms with Crippen LogP contribution in [0.4, 0.5) is 16.4 Å². The maximum Gasteiger partial charge on any atom is 0.341 e. The Labute approximate surface area is 271 Å². The molecule has 2 heterocycles. The van der Waals surface area contributed by atoms with Crippen molar-refractivity contribution in [2.24, 2.45) is 0 Å². The molecule has 3 aromatic carbocycles. The summed E-state index contributed by atoms with van der Waals surface area (Å²) in [4.78, 5) is 30.6. The van der Waals surface area contributed by atoms with Crippen LogP contribution in [0.2, 0.25) is 0 Å². The zero-order valence-corrected chi connectivity index (χ0v) is 27.2. The minimum atomic E-state index is -0.428. The zero-order chi connectivity index (χ0) is 31.1. The SMILES string of the molecule is COC(=O)c1c(NC(=O)C(C)Sc2cccc(NC(=S)Nc3ccccc3OC)c2)sc2c1CCN(Cc1ccccc1)C2. The van der Waals surface area contributed by atoms with E-state index in [0.717, 1.165) is 46.2 Å². The molecule has 1 aliphatic heterocycles. The first-order chi connectivity index (χ1) is 21.3. The van der Waals surface area contributed by atoms with Crippen molar-refractivity contribution in [1.29, 1.82) is 0 Å². The van der Waals surface area contributed by atoms with Gasteiger partial charge in [0.05, 0.1) is 30.7 Å². The number of benzene rings is 3. The number of hydrogen-bond acceptors (Lipinski definition) is 8. The summed E-state index contributed by atoms with van der Waals surface area (Å²) in [5.41, 5.74) is 4.23. The maximum atomic E-state index is 13.4. The van der Waals surface area contributed by atoms with Crippen molar-refractivity contribution in [3.63, 3.8) is 0 Å². The number of thiophene rings is 1. The van der Waals surface area contributed by atoms with Crippen LogP contribution in [0.15, 0.2) is 83.8 Å². The quantitative estimate of drug-likeness (QED) is 0.0954. The molecule has 4 aromatic rings. The fourth-order valence-electron chi connectivity index (χ4n) is 4.99. The number of methoxy groups -OCH3 is 2. The van der Waals surface area contributed by atoms with E-state index in [4.69, 9.17) is 21.7 Å². The number of anilines is 3. The van der Waals surface area contributed by atoms with Gasteiger partial charge in [-0.1, -0.05) is 48.5 Å². The van der Waals surface area contributed by atoms with Crippen LogP contribution >= 0.6 is 35.3 Å². The Morgan fingerprint density at radius 2 is 1.77 bits per heavy atom. The van der Waals surface area contributed by atoms with Gasteiger partial charge in [-0.05, 0) is 67.0 Å². The number of ether oxygens (including phenoxy) is 2. The molecule has 0 spiro atoms. The number of esters is 1. The smallest absolute Gasteiger partial charge is 0.341 e. The van der Waals surface area contributed by atoms with Crippen LogP contribution in [-0.2, 0) is 29.0 Å². The molecule has 1 atom stereocenters. The summed E-state index contributed by atoms with van der Waals surface area (Å²) in [6, 6.07) is 25.6. The van der Waals surface area contributed by atoms with Crippen molar-refractivity contribution < 1.29 is 19.1 Å². The molecule has 0 saturated heterocycles. The highest BCUT2D eigenvalue weighted by molar-refractivity contribution is 8.00. The molecule has 1 aromatic heterocycles. The van der Waals surface area contributed by atoms with Crippen molar-refractivity contribution in [2.75, 3.05) is 36.7 Å². The average molecular weight is 647 g/mol. The Balaban J connectivity index is 1.23. The molecule has 1 aliphatic rings. The normalized spacial score (nSPS) is 13.3. The van der Waals surface area contributed by atoms with Crippen LogP contribution < -0.4 is 20.7 Å². The molecule has 228 valence electrons. The Bertz CT molecular complexity index is 1640. The third-order valence-corrected chi connectivity index (χ3v) is 9.57. The van der Waals surface area contributed by atoms with Crippen molar-refractivity contribution >= 4 is 68.7 Å². The Morgan fingerprint density at radius 1 is 1.00 bits per heavy atom. The van der Waals surface area contributed by atoms with Gasteiger partial charge in [0.1, 0.15) is 10.8 Å². The number of thioether (sulfide) groups is 1. The molecule has 3 N–H and O–H groups in total. The lowest BCUT2D eigenvalue weighted by Crippen LogP contribution is -2.29. The van der Waals surface area contributed by atoms with Crippen LogP contribution in [0.3, 0.4) is 0 Å². The molecule has 8 nitrogen and oxygen atoms in total. The van der Waals surface area contributed by atoms with E-state index < -0.39 is 11.2 Å². The highest BCUT2D eigenvalue weighted by Gasteiger charge is 2.30. The van der Waals surface area contributed by atoms with Gasteiger partial charge in [0.15, 0.2) is 5.11 Å². The summed E-state index contributed by atoms with van der Waals surface area (Å²) in [7, 11) is 2.98. The number of carbonyl (C=O) groups is 2. The van der Waals surface area contributed by atoms with Crippen molar-refractivity contribution in [2.45, 2.75) is 36.6 Å². The van der Waals surface area contributed by atoms with Gasteiger partial charge in [0, 0.05) is 35.1 Å². The highest BCUT2D eigenvalue weighted by Crippen LogP contribution is 2.38. The molecule has 0 aliphatic carbocycles. The monoisotopic (exact) mass is 646 g/mol. The second-order valence-electron chi connectivity index (χ2n) is 10.2. The van der Waals surface area contributed by atoms with E-state index in [1.165, 1.54) is 35.8 Å². The number of thiocarbonyl (C=S) groups is 1. The molecule has 0 saturated carbocycles. The predicted octanol–water partition coefficient (Wildman–Crippen LogP) is 7.03. The van der Waals surface area contributed by atoms with Gasteiger partial charge in [0.25, 0.3) is 0 Å². The molecular formula is C33H34N4O4S3. The second kappa shape index (κ2) is 14.7. The highest BCUT2D eigenvalue weighted by atomic mass is 32.2. The Kier molecular flexibility index (Phi) is 10.5. The number of carbonyl (C=O) groups excluding carboxylic acids is 2. The van der Waals surface area contributed by atoms with Gasteiger partial charge in [-0.3, -0.25) is 9.69 Å². The Hall–Kier alpha value is -3.90. The summed E-state index contributed by atoms with van der Waals surface area (Å²) in [5.74, 6) is 0.0740. The van der Waals surface area contributed by atoms with E-state index in [2.05, 4.69) is 33.0 Å². The van der Waals surface area contributed by atoms with Gasteiger partial charge in [-0.25, -0.2) is 4.79 Å². The fraction of sp³-hybridized carbons (Fsp3) is 0.242. The predicted molar refractivity (Wildman–Crippen MR) is 183 cm³/mol. The van der Waals surface area contributed by atoms with E-state index in [9.17, 15) is 9.59 Å². The van der Waals surface area contributed by atoms with Gasteiger partial charge in [-0.2, -0.15) is 0 Å². The number of rotatable bonds is 10. The molecule has 0 radical (unpaired) electrons. The summed E-state index contributed by atoms with van der Waals surface area (Å²) >= 11 is 8.39. The number of hydrogen-bond donors (Lipinski definition) is 3. The molecule has 1 amide bonds. The van der Waals surface area contributed by atoms with E-state index in [-0.39, 0.29) is 5.91 Å². The summed E-state index contributed by atoms with van der Waals surface area (Å²) in [6.45, 7) is 4.22. The van der Waals surface area contributed by atoms with Gasteiger partial charge in [0.2, 0.25) is 5.91 Å². The largest absolute Gasteiger partial charge is 0.495 e. The summed E-state index contributed by atoms with van der Waals surface area (Å²) < 4.78 is 10.5. The first-order valence-electron chi connectivity index (χ1n) is 14.1. The number of fused-ring (bicyclic) bond motifs is 1. The van der Waals surface area contributed by atoms with Crippen molar-refractivity contribution in [1.82, 2.24) is 4.90 Å². The third-order valence-electron chi connectivity index (χ3n) is 7.14. The number of nitrogens with one attached hydrogen (secondary N) is 3. The molecule has 5 rings (SSSR count). The van der Waals surface area contributed by atoms with Crippen molar-refractivity contribution in [3.05, 3.63) is 100 Å². The van der Waals surface area contributed by atoms with E-state index in [0.29, 0.717) is 28.0 Å². The Morgan fingerprint density at radius 3 is 2.55 bits per heavy atom. The first-order valence-corrected chi connectivity index (χ1v) is 16.2. The van der Waals surface area contributed by atoms with Gasteiger partial charge >= 0.3 is 5.97 Å². The van der Waals surface area contributed by atoms with Gasteiger partial charge in [-0.15, -0.1) is 23.1 Å². The standard InChI is InChI=1S/C33H34N4O4S3/c1-21(43-24-13-9-12-23(18-24)34-33(42)35-26-14-7-8-15-27(26)40-2)30(38)36-31-29(32(39)41-3)25-16-17-37(20-28(25)44-31)19-22-10-5-4-6-11-22/h4-15,18,21H,16-17,19-20H2,1-3H3,(H,36,38)(H2,34,35,42). The minimum absolute atomic E-state index is 0.188. The lowest BCUT2D eigenvalue weighted by molar-refractivity contribution is -0.115. The topological polar surface area (TPSA) is 91.9 Å².